The summed E-state index contributed by atoms with van der Waals surface area (Å²) in [6.07, 6.45) is 3.75. The minimum atomic E-state index is -0.411. The Balaban J connectivity index is 1.39. The maximum Gasteiger partial charge on any atom is 0.257 e. The second-order valence-corrected chi connectivity index (χ2v) is 6.83. The van der Waals surface area contributed by atoms with Crippen molar-refractivity contribution in [2.45, 2.75) is 12.8 Å². The first-order valence-electron chi connectivity index (χ1n) is 9.19. The number of anilines is 3. The fourth-order valence-corrected chi connectivity index (χ4v) is 3.40. The van der Waals surface area contributed by atoms with Crippen LogP contribution in [0, 0.1) is 11.7 Å². The Bertz CT molecular complexity index is 858. The molecule has 1 amide bonds. The molecule has 0 spiro atoms. The number of nitrogens with one attached hydrogen (secondary N) is 3. The Morgan fingerprint density at radius 3 is 2.63 bits per heavy atom. The van der Waals surface area contributed by atoms with Crippen LogP contribution < -0.4 is 16.0 Å². The molecule has 6 heteroatoms. The summed E-state index contributed by atoms with van der Waals surface area (Å²) in [6, 6.07) is 12.5. The first-order chi connectivity index (χ1) is 13.2. The van der Waals surface area contributed by atoms with Gasteiger partial charge in [0.1, 0.15) is 5.82 Å². The highest BCUT2D eigenvalue weighted by molar-refractivity contribution is 6.31. The van der Waals surface area contributed by atoms with Gasteiger partial charge in [0, 0.05) is 42.9 Å². The summed E-state index contributed by atoms with van der Waals surface area (Å²) in [5.41, 5.74) is 2.99. The van der Waals surface area contributed by atoms with E-state index >= 15 is 0 Å². The number of amides is 1. The second-order valence-electron chi connectivity index (χ2n) is 6.83. The number of halogens is 1. The lowest BCUT2D eigenvalue weighted by Gasteiger charge is -2.22. The molecule has 0 bridgehead atoms. The largest absolute Gasteiger partial charge is 0.385 e. The molecule has 1 fully saturated rings. The van der Waals surface area contributed by atoms with Gasteiger partial charge in [0.15, 0.2) is 0 Å². The highest BCUT2D eigenvalue weighted by Crippen LogP contribution is 2.33. The third kappa shape index (κ3) is 3.95. The first kappa shape index (κ1) is 17.5. The minimum Gasteiger partial charge on any atom is -0.385 e. The van der Waals surface area contributed by atoms with Gasteiger partial charge in [0.25, 0.3) is 5.91 Å². The number of carbonyl (C=O) groups is 1. The number of ether oxygens (including phenoxy) is 1. The number of rotatable bonds is 5. The van der Waals surface area contributed by atoms with Crippen molar-refractivity contribution >= 4 is 28.5 Å². The van der Waals surface area contributed by atoms with Crippen LogP contribution in [0.2, 0.25) is 0 Å². The van der Waals surface area contributed by atoms with E-state index in [-0.39, 0.29) is 5.91 Å². The summed E-state index contributed by atoms with van der Waals surface area (Å²) in [6.45, 7) is 2.64. The van der Waals surface area contributed by atoms with E-state index in [0.717, 1.165) is 44.0 Å². The fourth-order valence-electron chi connectivity index (χ4n) is 3.40. The normalized spacial score (nSPS) is 18.3. The highest BCUT2D eigenvalue weighted by Gasteiger charge is 2.27. The van der Waals surface area contributed by atoms with Gasteiger partial charge in [-0.2, -0.15) is 0 Å². The monoisotopic (exact) mass is 367 g/mol. The molecule has 4 rings (SSSR count). The maximum absolute atomic E-state index is 14.1. The Hall–Kier alpha value is -2.86. The van der Waals surface area contributed by atoms with Crippen LogP contribution in [0.5, 0.6) is 0 Å². The Labute approximate surface area is 157 Å². The van der Waals surface area contributed by atoms with Gasteiger partial charge in [-0.1, -0.05) is 6.07 Å². The van der Waals surface area contributed by atoms with Crippen molar-refractivity contribution in [3.05, 3.63) is 60.0 Å². The van der Waals surface area contributed by atoms with Crippen LogP contribution >= 0.6 is 0 Å². The lowest BCUT2D eigenvalue weighted by molar-refractivity contribution is -0.110. The van der Waals surface area contributed by atoms with Gasteiger partial charge in [-0.3, -0.25) is 4.79 Å². The number of hydrogen-bond donors (Lipinski definition) is 3. The highest BCUT2D eigenvalue weighted by atomic mass is 19.1. The maximum atomic E-state index is 14.1. The molecule has 2 heterocycles. The third-order valence-electron chi connectivity index (χ3n) is 4.98. The zero-order valence-electron chi connectivity index (χ0n) is 14.9. The average molecular weight is 367 g/mol. The van der Waals surface area contributed by atoms with Gasteiger partial charge in [0.2, 0.25) is 0 Å². The van der Waals surface area contributed by atoms with Crippen molar-refractivity contribution in [2.75, 3.05) is 35.7 Å². The first-order valence-corrected chi connectivity index (χ1v) is 9.19. The van der Waals surface area contributed by atoms with Crippen molar-refractivity contribution in [2.24, 2.45) is 5.92 Å². The summed E-state index contributed by atoms with van der Waals surface area (Å²) in [7, 11) is 0. The zero-order valence-corrected chi connectivity index (χ0v) is 14.9. The van der Waals surface area contributed by atoms with Crippen molar-refractivity contribution in [1.82, 2.24) is 0 Å². The van der Waals surface area contributed by atoms with E-state index in [4.69, 9.17) is 4.74 Å². The molecule has 3 N–H and O–H groups in total. The van der Waals surface area contributed by atoms with Crippen LogP contribution in [0.4, 0.5) is 21.5 Å². The summed E-state index contributed by atoms with van der Waals surface area (Å²) in [4.78, 5) is 12.1. The number of hydrogen-bond acceptors (Lipinski definition) is 4. The predicted octanol–water partition coefficient (Wildman–Crippen LogP) is 4.07. The summed E-state index contributed by atoms with van der Waals surface area (Å²) in [5.74, 6) is -0.0685. The zero-order chi connectivity index (χ0) is 18.6. The molecule has 5 nitrogen and oxygen atoms in total. The molecule has 140 valence electrons. The molecular formula is C21H22FN3O2. The number of benzene rings is 2. The van der Waals surface area contributed by atoms with Crippen molar-refractivity contribution in [1.29, 1.82) is 0 Å². The predicted molar refractivity (Wildman–Crippen MR) is 105 cm³/mol. The Kier molecular flexibility index (Phi) is 5.07. The minimum absolute atomic E-state index is 0.296. The number of carbonyl (C=O) groups excluding carboxylic acids is 1. The molecule has 2 aromatic carbocycles. The SMILES string of the molecule is O=C1Nc2cccc(F)c2C1=CNc1ccc(NCC2CCOCC2)cc1. The van der Waals surface area contributed by atoms with E-state index in [1.807, 2.05) is 24.3 Å². The van der Waals surface area contributed by atoms with Crippen molar-refractivity contribution in [3.8, 4) is 0 Å². The topological polar surface area (TPSA) is 62.4 Å². The van der Waals surface area contributed by atoms with E-state index in [1.165, 1.54) is 6.07 Å². The lowest BCUT2D eigenvalue weighted by atomic mass is 10.0. The fraction of sp³-hybridized carbons (Fsp3) is 0.286. The van der Waals surface area contributed by atoms with Gasteiger partial charge in [-0.25, -0.2) is 4.39 Å². The third-order valence-corrected chi connectivity index (χ3v) is 4.98. The molecular weight excluding hydrogens is 345 g/mol. The van der Waals surface area contributed by atoms with Gasteiger partial charge in [-0.05, 0) is 55.2 Å². The summed E-state index contributed by atoms with van der Waals surface area (Å²) >= 11 is 0. The standard InChI is InChI=1S/C21H22FN3O2/c22-18-2-1-3-19-20(18)17(21(26)25-19)13-24-16-6-4-15(5-7-16)23-12-14-8-10-27-11-9-14/h1-7,13-14,23-24H,8-12H2,(H,25,26). The van der Waals surface area contributed by atoms with Crippen LogP contribution in [0.15, 0.2) is 48.7 Å². The van der Waals surface area contributed by atoms with Crippen LogP contribution in [-0.2, 0) is 9.53 Å². The van der Waals surface area contributed by atoms with Crippen molar-refractivity contribution < 1.29 is 13.9 Å². The Morgan fingerprint density at radius 2 is 1.85 bits per heavy atom. The average Bonchev–Trinajstić information content (AvgIpc) is 3.03. The molecule has 2 aliphatic heterocycles. The van der Waals surface area contributed by atoms with Crippen LogP contribution in [-0.4, -0.2) is 25.7 Å². The Morgan fingerprint density at radius 1 is 1.11 bits per heavy atom. The molecule has 1 saturated heterocycles. The van der Waals surface area contributed by atoms with E-state index in [1.54, 1.807) is 18.3 Å². The van der Waals surface area contributed by atoms with Crippen LogP contribution in [0.1, 0.15) is 18.4 Å². The smallest absolute Gasteiger partial charge is 0.257 e. The van der Waals surface area contributed by atoms with Gasteiger partial charge < -0.3 is 20.7 Å². The molecule has 0 atom stereocenters. The molecule has 0 unspecified atom stereocenters. The lowest BCUT2D eigenvalue weighted by Crippen LogP contribution is -2.22. The summed E-state index contributed by atoms with van der Waals surface area (Å²) < 4.78 is 19.4. The van der Waals surface area contributed by atoms with Gasteiger partial charge >= 0.3 is 0 Å². The van der Waals surface area contributed by atoms with E-state index < -0.39 is 5.82 Å². The number of fused-ring (bicyclic) bond motifs is 1. The van der Waals surface area contributed by atoms with Crippen LogP contribution in [0.25, 0.3) is 5.57 Å². The summed E-state index contributed by atoms with van der Waals surface area (Å²) in [5, 5.41) is 9.21. The van der Waals surface area contributed by atoms with Gasteiger partial charge in [0.05, 0.1) is 11.3 Å². The molecule has 0 saturated carbocycles. The molecule has 2 aliphatic rings. The molecule has 27 heavy (non-hydrogen) atoms. The quantitative estimate of drug-likeness (QED) is 0.697. The molecule has 0 radical (unpaired) electrons. The van der Waals surface area contributed by atoms with E-state index in [0.29, 0.717) is 22.7 Å². The van der Waals surface area contributed by atoms with E-state index in [9.17, 15) is 9.18 Å². The van der Waals surface area contributed by atoms with Crippen LogP contribution in [0.3, 0.4) is 0 Å². The van der Waals surface area contributed by atoms with Crippen molar-refractivity contribution in [3.63, 3.8) is 0 Å². The molecule has 0 aromatic heterocycles. The van der Waals surface area contributed by atoms with Gasteiger partial charge in [-0.15, -0.1) is 0 Å². The molecule has 0 aliphatic carbocycles. The second kappa shape index (κ2) is 7.80. The van der Waals surface area contributed by atoms with E-state index in [2.05, 4.69) is 16.0 Å². The molecule has 2 aromatic rings.